The molecule has 0 atom stereocenters. The van der Waals surface area contributed by atoms with Crippen LogP contribution in [-0.2, 0) is 14.8 Å². The molecule has 0 bridgehead atoms. The van der Waals surface area contributed by atoms with E-state index in [9.17, 15) is 13.2 Å². The number of aryl methyl sites for hydroxylation is 2. The van der Waals surface area contributed by atoms with Gasteiger partial charge in [-0.2, -0.15) is 0 Å². The Labute approximate surface area is 135 Å². The van der Waals surface area contributed by atoms with E-state index in [1.54, 1.807) is 32.9 Å². The average molecular weight is 337 g/mol. The van der Waals surface area contributed by atoms with Gasteiger partial charge in [-0.15, -0.1) is 0 Å². The minimum absolute atomic E-state index is 0.0314. The molecule has 0 amide bonds. The first-order valence-electron chi connectivity index (χ1n) is 7.08. The van der Waals surface area contributed by atoms with Gasteiger partial charge in [0.05, 0.1) is 6.61 Å². The van der Waals surface area contributed by atoms with Crippen LogP contribution < -0.4 is 4.72 Å². The van der Waals surface area contributed by atoms with E-state index >= 15 is 0 Å². The summed E-state index contributed by atoms with van der Waals surface area (Å²) in [5.41, 5.74) is 1.71. The Morgan fingerprint density at radius 3 is 2.65 bits per heavy atom. The zero-order valence-corrected chi connectivity index (χ0v) is 14.2. The Bertz CT molecular complexity index is 840. The second-order valence-electron chi connectivity index (χ2n) is 5.12. The molecule has 0 aliphatic heterocycles. The zero-order chi connectivity index (χ0) is 17.2. The highest BCUT2D eigenvalue weighted by atomic mass is 32.2. The van der Waals surface area contributed by atoms with Crippen LogP contribution in [0.5, 0.6) is 0 Å². The number of nitrogens with one attached hydrogen (secondary N) is 2. The molecular formula is C15H19N3O4S. The van der Waals surface area contributed by atoms with Gasteiger partial charge < -0.3 is 9.72 Å². The fraction of sp³-hybridized carbons (Fsp3) is 0.333. The van der Waals surface area contributed by atoms with Crippen molar-refractivity contribution in [1.29, 1.82) is 0 Å². The van der Waals surface area contributed by atoms with E-state index < -0.39 is 16.0 Å². The van der Waals surface area contributed by atoms with Gasteiger partial charge in [0.1, 0.15) is 16.4 Å². The largest absolute Gasteiger partial charge is 0.461 e. The van der Waals surface area contributed by atoms with Crippen LogP contribution in [0.3, 0.4) is 0 Å². The van der Waals surface area contributed by atoms with Gasteiger partial charge >= 0.3 is 5.97 Å². The second-order valence-corrected chi connectivity index (χ2v) is 6.74. The van der Waals surface area contributed by atoms with Crippen LogP contribution in [-0.4, -0.2) is 31.0 Å². The van der Waals surface area contributed by atoms with E-state index in [2.05, 4.69) is 14.7 Å². The first kappa shape index (κ1) is 17.0. The Morgan fingerprint density at radius 2 is 2.04 bits per heavy atom. The van der Waals surface area contributed by atoms with Gasteiger partial charge in [-0.25, -0.2) is 18.2 Å². The lowest BCUT2D eigenvalue weighted by Crippen LogP contribution is -2.15. The Hall–Kier alpha value is -2.35. The maximum absolute atomic E-state index is 12.6. The molecule has 0 fully saturated rings. The summed E-state index contributed by atoms with van der Waals surface area (Å²) in [6.07, 6.45) is 1.52. The molecule has 8 heteroatoms. The maximum atomic E-state index is 12.6. The van der Waals surface area contributed by atoms with Crippen molar-refractivity contribution in [3.8, 4) is 0 Å². The Kier molecular flexibility index (Phi) is 4.74. The Balaban J connectivity index is 2.42. The predicted octanol–water partition coefficient (Wildman–Crippen LogP) is 2.31. The molecule has 0 aliphatic rings. The molecule has 2 N–H and O–H groups in total. The number of hydrogen-bond acceptors (Lipinski definition) is 5. The third kappa shape index (κ3) is 3.53. The lowest BCUT2D eigenvalue weighted by Gasteiger charge is -2.08. The number of aromatic nitrogens is 2. The summed E-state index contributed by atoms with van der Waals surface area (Å²) < 4.78 is 32.6. The highest BCUT2D eigenvalue weighted by molar-refractivity contribution is 7.92. The van der Waals surface area contributed by atoms with Crippen molar-refractivity contribution in [2.45, 2.75) is 32.6 Å². The van der Waals surface area contributed by atoms with Crippen LogP contribution in [0, 0.1) is 20.8 Å². The normalized spacial score (nSPS) is 11.3. The van der Waals surface area contributed by atoms with E-state index in [4.69, 9.17) is 4.74 Å². The van der Waals surface area contributed by atoms with E-state index in [-0.39, 0.29) is 23.0 Å². The number of H-pyrrole nitrogens is 1. The van der Waals surface area contributed by atoms with Crippen LogP contribution in [0.25, 0.3) is 0 Å². The zero-order valence-electron chi connectivity index (χ0n) is 13.4. The summed E-state index contributed by atoms with van der Waals surface area (Å²) in [6, 6.07) is 3.39. The molecule has 2 rings (SSSR count). The topological polar surface area (TPSA) is 101 Å². The minimum atomic E-state index is -3.87. The van der Waals surface area contributed by atoms with Crippen molar-refractivity contribution < 1.29 is 17.9 Å². The molecule has 2 aromatic heterocycles. The molecule has 0 radical (unpaired) electrons. The highest BCUT2D eigenvalue weighted by Crippen LogP contribution is 2.25. The SMILES string of the molecule is CCOC(=O)c1[nH]c(C)c(S(=O)(=O)Nc2cc(C)ccn2)c1C. The molecule has 0 saturated heterocycles. The first-order chi connectivity index (χ1) is 10.8. The second kappa shape index (κ2) is 6.41. The number of nitrogens with zero attached hydrogens (tertiary/aromatic N) is 1. The molecule has 124 valence electrons. The van der Waals surface area contributed by atoms with Gasteiger partial charge in [-0.3, -0.25) is 4.72 Å². The monoisotopic (exact) mass is 337 g/mol. The van der Waals surface area contributed by atoms with Crippen molar-refractivity contribution >= 4 is 21.8 Å². The molecule has 0 aliphatic carbocycles. The number of anilines is 1. The predicted molar refractivity (Wildman–Crippen MR) is 86.0 cm³/mol. The number of esters is 1. The van der Waals surface area contributed by atoms with Crippen LogP contribution >= 0.6 is 0 Å². The molecule has 0 saturated carbocycles. The number of aromatic amines is 1. The van der Waals surface area contributed by atoms with Gasteiger partial charge in [-0.1, -0.05) is 0 Å². The molecule has 0 spiro atoms. The van der Waals surface area contributed by atoms with Gasteiger partial charge in [0, 0.05) is 17.5 Å². The van der Waals surface area contributed by atoms with Gasteiger partial charge in [0.2, 0.25) is 0 Å². The number of carbonyl (C=O) groups excluding carboxylic acids is 1. The number of hydrogen-bond donors (Lipinski definition) is 2. The number of ether oxygens (including phenoxy) is 1. The molecule has 0 aromatic carbocycles. The molecule has 23 heavy (non-hydrogen) atoms. The first-order valence-corrected chi connectivity index (χ1v) is 8.56. The third-order valence-electron chi connectivity index (χ3n) is 3.27. The van der Waals surface area contributed by atoms with E-state index in [0.717, 1.165) is 5.56 Å². The summed E-state index contributed by atoms with van der Waals surface area (Å²) in [7, 11) is -3.87. The summed E-state index contributed by atoms with van der Waals surface area (Å²) in [4.78, 5) is 18.7. The van der Waals surface area contributed by atoms with Crippen molar-refractivity contribution in [1.82, 2.24) is 9.97 Å². The molecule has 0 unspecified atom stereocenters. The van der Waals surface area contributed by atoms with Gasteiger partial charge in [-0.05, 0) is 45.4 Å². The standard InChI is InChI=1S/C15H19N3O4S/c1-5-22-15(19)13-10(3)14(11(4)17-13)23(20,21)18-12-8-9(2)6-7-16-12/h6-8,17H,5H2,1-4H3,(H,16,18). The van der Waals surface area contributed by atoms with E-state index in [1.165, 1.54) is 6.20 Å². The quantitative estimate of drug-likeness (QED) is 0.815. The Morgan fingerprint density at radius 1 is 1.35 bits per heavy atom. The summed E-state index contributed by atoms with van der Waals surface area (Å²) in [5, 5.41) is 0. The smallest absolute Gasteiger partial charge is 0.355 e. The molecular weight excluding hydrogens is 318 g/mol. The average Bonchev–Trinajstić information content (AvgIpc) is 2.74. The van der Waals surface area contributed by atoms with Crippen LogP contribution in [0.4, 0.5) is 5.82 Å². The number of carbonyl (C=O) groups is 1. The minimum Gasteiger partial charge on any atom is -0.461 e. The maximum Gasteiger partial charge on any atom is 0.355 e. The van der Waals surface area contributed by atoms with Gasteiger partial charge in [0.15, 0.2) is 0 Å². The summed E-state index contributed by atoms with van der Waals surface area (Å²) in [6.45, 7) is 6.89. The molecule has 2 heterocycles. The van der Waals surface area contributed by atoms with E-state index in [0.29, 0.717) is 11.3 Å². The van der Waals surface area contributed by atoms with Gasteiger partial charge in [0.25, 0.3) is 10.0 Å². The fourth-order valence-corrected chi connectivity index (χ4v) is 3.77. The summed E-state index contributed by atoms with van der Waals surface area (Å²) >= 11 is 0. The van der Waals surface area contributed by atoms with Crippen molar-refractivity contribution in [2.24, 2.45) is 0 Å². The number of pyridine rings is 1. The van der Waals surface area contributed by atoms with Crippen molar-refractivity contribution in [3.63, 3.8) is 0 Å². The van der Waals surface area contributed by atoms with Crippen LogP contribution in [0.2, 0.25) is 0 Å². The lowest BCUT2D eigenvalue weighted by atomic mass is 10.2. The fourth-order valence-electron chi connectivity index (χ4n) is 2.32. The van der Waals surface area contributed by atoms with Crippen LogP contribution in [0.15, 0.2) is 23.2 Å². The third-order valence-corrected chi connectivity index (χ3v) is 4.90. The highest BCUT2D eigenvalue weighted by Gasteiger charge is 2.27. The number of sulfonamides is 1. The lowest BCUT2D eigenvalue weighted by molar-refractivity contribution is 0.0519. The number of rotatable bonds is 5. The van der Waals surface area contributed by atoms with Crippen molar-refractivity contribution in [3.05, 3.63) is 40.8 Å². The van der Waals surface area contributed by atoms with Crippen LogP contribution in [0.1, 0.15) is 34.2 Å². The van der Waals surface area contributed by atoms with E-state index in [1.807, 2.05) is 6.92 Å². The molecule has 7 nitrogen and oxygen atoms in total. The van der Waals surface area contributed by atoms with Crippen molar-refractivity contribution in [2.75, 3.05) is 11.3 Å². The molecule has 2 aromatic rings. The summed E-state index contributed by atoms with van der Waals surface area (Å²) in [5.74, 6) is -0.356.